The maximum atomic E-state index is 12.0. The van der Waals surface area contributed by atoms with E-state index in [9.17, 15) is 19.7 Å². The van der Waals surface area contributed by atoms with E-state index in [1.54, 1.807) is 38.1 Å². The molecule has 0 N–H and O–H groups in total. The molecule has 0 aliphatic heterocycles. The molecule has 0 atom stereocenters. The number of hydrogen-bond acceptors (Lipinski definition) is 8. The quantitative estimate of drug-likeness (QED) is 0.410. The Morgan fingerprint density at radius 2 is 1.81 bits per heavy atom. The zero-order valence-corrected chi connectivity index (χ0v) is 14.9. The van der Waals surface area contributed by atoms with Crippen LogP contribution in [0.25, 0.3) is 0 Å². The predicted octanol–water partition coefficient (Wildman–Crippen LogP) is 3.49. The number of rotatable bonds is 7. The molecule has 2 rings (SSSR count). The van der Waals surface area contributed by atoms with Gasteiger partial charge in [-0.3, -0.25) is 10.1 Å². The number of esters is 2. The maximum Gasteiger partial charge on any atom is 0.339 e. The molecule has 26 heavy (non-hydrogen) atoms. The summed E-state index contributed by atoms with van der Waals surface area (Å²) in [5.41, 5.74) is -0.0780. The molecule has 1 heterocycles. The third kappa shape index (κ3) is 4.57. The fourth-order valence-electron chi connectivity index (χ4n) is 2.01. The average Bonchev–Trinajstić information content (AvgIpc) is 2.62. The van der Waals surface area contributed by atoms with E-state index >= 15 is 0 Å². The molecule has 0 saturated carbocycles. The van der Waals surface area contributed by atoms with E-state index in [1.165, 1.54) is 6.20 Å². The Kier molecular flexibility index (Phi) is 6.67. The molecule has 0 radical (unpaired) electrons. The van der Waals surface area contributed by atoms with E-state index in [-0.39, 0.29) is 35.1 Å². The molecule has 0 spiro atoms. The first-order chi connectivity index (χ1) is 12.5. The van der Waals surface area contributed by atoms with E-state index < -0.39 is 16.9 Å². The van der Waals surface area contributed by atoms with E-state index in [0.717, 1.165) is 17.8 Å². The van der Waals surface area contributed by atoms with Crippen LogP contribution in [0.4, 0.5) is 5.69 Å². The van der Waals surface area contributed by atoms with Crippen molar-refractivity contribution in [1.82, 2.24) is 4.98 Å². The van der Waals surface area contributed by atoms with Gasteiger partial charge in [-0.25, -0.2) is 14.6 Å². The number of aromatic nitrogens is 1. The Labute approximate surface area is 153 Å². The summed E-state index contributed by atoms with van der Waals surface area (Å²) in [6, 6.07) is 7.69. The van der Waals surface area contributed by atoms with Crippen LogP contribution in [0.2, 0.25) is 0 Å². The van der Waals surface area contributed by atoms with Crippen molar-refractivity contribution in [3.63, 3.8) is 0 Å². The van der Waals surface area contributed by atoms with Crippen molar-refractivity contribution in [2.45, 2.75) is 23.8 Å². The minimum absolute atomic E-state index is 0.0124. The first kappa shape index (κ1) is 19.4. The standard InChI is InChI=1S/C17H16N2O6S/c1-3-24-16(20)11-9-13(19(22)23)15(18-10-11)26-14-8-6-5-7-12(14)17(21)25-4-2/h5-10H,3-4H2,1-2H3. The van der Waals surface area contributed by atoms with Gasteiger partial charge in [-0.15, -0.1) is 0 Å². The van der Waals surface area contributed by atoms with Gasteiger partial charge in [0.1, 0.15) is 0 Å². The second kappa shape index (κ2) is 8.95. The number of pyridine rings is 1. The van der Waals surface area contributed by atoms with Crippen LogP contribution in [0.3, 0.4) is 0 Å². The molecule has 0 unspecified atom stereocenters. The highest BCUT2D eigenvalue weighted by atomic mass is 32.2. The lowest BCUT2D eigenvalue weighted by Gasteiger charge is -2.09. The molecular weight excluding hydrogens is 360 g/mol. The van der Waals surface area contributed by atoms with Crippen molar-refractivity contribution in [3.05, 3.63) is 57.8 Å². The van der Waals surface area contributed by atoms with E-state index in [4.69, 9.17) is 9.47 Å². The lowest BCUT2D eigenvalue weighted by molar-refractivity contribution is -0.388. The number of benzene rings is 1. The Morgan fingerprint density at radius 3 is 2.46 bits per heavy atom. The van der Waals surface area contributed by atoms with Crippen molar-refractivity contribution in [1.29, 1.82) is 0 Å². The SMILES string of the molecule is CCOC(=O)c1cnc(Sc2ccccc2C(=O)OCC)c([N+](=O)[O-])c1. The molecule has 9 heteroatoms. The molecule has 136 valence electrons. The largest absolute Gasteiger partial charge is 0.462 e. The van der Waals surface area contributed by atoms with Gasteiger partial charge in [-0.05, 0) is 26.0 Å². The Hall–Kier alpha value is -2.94. The normalized spacial score (nSPS) is 10.2. The smallest absolute Gasteiger partial charge is 0.339 e. The van der Waals surface area contributed by atoms with Gasteiger partial charge in [0.25, 0.3) is 0 Å². The minimum Gasteiger partial charge on any atom is -0.462 e. The third-order valence-electron chi connectivity index (χ3n) is 3.13. The van der Waals surface area contributed by atoms with Gasteiger partial charge < -0.3 is 9.47 Å². The van der Waals surface area contributed by atoms with Crippen LogP contribution in [-0.4, -0.2) is 35.1 Å². The van der Waals surface area contributed by atoms with Crippen LogP contribution < -0.4 is 0 Å². The topological polar surface area (TPSA) is 109 Å². The number of nitro groups is 1. The van der Waals surface area contributed by atoms with Crippen molar-refractivity contribution < 1.29 is 24.0 Å². The number of nitrogens with zero attached hydrogens (tertiary/aromatic N) is 2. The van der Waals surface area contributed by atoms with Gasteiger partial charge in [0.15, 0.2) is 5.03 Å². The first-order valence-corrected chi connectivity index (χ1v) is 8.55. The van der Waals surface area contributed by atoms with Gasteiger partial charge in [0.2, 0.25) is 0 Å². The summed E-state index contributed by atoms with van der Waals surface area (Å²) in [6.45, 7) is 3.69. The van der Waals surface area contributed by atoms with Crippen LogP contribution in [0.5, 0.6) is 0 Å². The fourth-order valence-corrected chi connectivity index (χ4v) is 2.97. The molecule has 8 nitrogen and oxygen atoms in total. The highest BCUT2D eigenvalue weighted by Gasteiger charge is 2.22. The zero-order valence-electron chi connectivity index (χ0n) is 14.1. The van der Waals surface area contributed by atoms with Crippen LogP contribution in [0.1, 0.15) is 34.6 Å². The van der Waals surface area contributed by atoms with E-state index in [0.29, 0.717) is 4.90 Å². The van der Waals surface area contributed by atoms with Crippen molar-refractivity contribution in [3.8, 4) is 0 Å². The Balaban J connectivity index is 2.40. The molecule has 1 aromatic carbocycles. The summed E-state index contributed by atoms with van der Waals surface area (Å²) in [4.78, 5) is 39.0. The average molecular weight is 376 g/mol. The van der Waals surface area contributed by atoms with E-state index in [1.807, 2.05) is 0 Å². The summed E-state index contributed by atoms with van der Waals surface area (Å²) in [6.07, 6.45) is 1.21. The molecule has 2 aromatic rings. The molecule has 1 aromatic heterocycles. The fraction of sp³-hybridized carbons (Fsp3) is 0.235. The van der Waals surface area contributed by atoms with Crippen LogP contribution in [0, 0.1) is 10.1 Å². The molecule has 0 saturated heterocycles. The second-order valence-electron chi connectivity index (χ2n) is 4.84. The molecule has 0 fully saturated rings. The number of ether oxygens (including phenoxy) is 2. The summed E-state index contributed by atoms with van der Waals surface area (Å²) in [5.74, 6) is -1.21. The van der Waals surface area contributed by atoms with Crippen LogP contribution in [0.15, 0.2) is 46.5 Å². The summed E-state index contributed by atoms with van der Waals surface area (Å²) >= 11 is 0.951. The molecule has 0 bridgehead atoms. The minimum atomic E-state index is -0.688. The number of hydrogen-bond donors (Lipinski definition) is 0. The maximum absolute atomic E-state index is 12.0. The highest BCUT2D eigenvalue weighted by Crippen LogP contribution is 2.35. The van der Waals surface area contributed by atoms with Gasteiger partial charge in [0.05, 0.1) is 29.3 Å². The van der Waals surface area contributed by atoms with Gasteiger partial charge in [-0.2, -0.15) is 0 Å². The monoisotopic (exact) mass is 376 g/mol. The molecule has 0 aliphatic carbocycles. The summed E-state index contributed by atoms with van der Waals surface area (Å²) < 4.78 is 9.82. The summed E-state index contributed by atoms with van der Waals surface area (Å²) in [7, 11) is 0. The van der Waals surface area contributed by atoms with Crippen LogP contribution >= 0.6 is 11.8 Å². The summed E-state index contributed by atoms with van der Waals surface area (Å²) in [5, 5.41) is 11.4. The van der Waals surface area contributed by atoms with Gasteiger partial charge in [0, 0.05) is 17.2 Å². The van der Waals surface area contributed by atoms with Crippen molar-refractivity contribution >= 4 is 29.4 Å². The van der Waals surface area contributed by atoms with Gasteiger partial charge >= 0.3 is 17.6 Å². The van der Waals surface area contributed by atoms with Crippen molar-refractivity contribution in [2.24, 2.45) is 0 Å². The zero-order chi connectivity index (χ0) is 19.1. The Morgan fingerprint density at radius 1 is 1.15 bits per heavy atom. The second-order valence-corrected chi connectivity index (χ2v) is 5.88. The lowest BCUT2D eigenvalue weighted by Crippen LogP contribution is -2.07. The molecule has 0 amide bonds. The Bertz CT molecular complexity index is 840. The first-order valence-electron chi connectivity index (χ1n) is 7.73. The number of carbonyl (C=O) groups excluding carboxylic acids is 2. The van der Waals surface area contributed by atoms with Crippen molar-refractivity contribution in [2.75, 3.05) is 13.2 Å². The molecular formula is C17H16N2O6S. The lowest BCUT2D eigenvalue weighted by atomic mass is 10.2. The van der Waals surface area contributed by atoms with Gasteiger partial charge in [-0.1, -0.05) is 23.9 Å². The third-order valence-corrected chi connectivity index (χ3v) is 4.21. The predicted molar refractivity (Wildman–Crippen MR) is 93.4 cm³/mol. The van der Waals surface area contributed by atoms with Crippen LogP contribution in [-0.2, 0) is 9.47 Å². The number of carbonyl (C=O) groups is 2. The van der Waals surface area contributed by atoms with E-state index in [2.05, 4.69) is 4.98 Å². The molecule has 0 aliphatic rings. The highest BCUT2D eigenvalue weighted by molar-refractivity contribution is 7.99.